The quantitative estimate of drug-likeness (QED) is 0.914. The van der Waals surface area contributed by atoms with Crippen LogP contribution in [0.4, 0.5) is 8.78 Å². The molecule has 3 nitrogen and oxygen atoms in total. The third kappa shape index (κ3) is 2.44. The maximum Gasteiger partial charge on any atom is 0.387 e. The first-order valence-electron chi connectivity index (χ1n) is 6.51. The normalized spacial score (nSPS) is 29.2. The number of alkyl halides is 2. The highest BCUT2D eigenvalue weighted by Crippen LogP contribution is 2.42. The van der Waals surface area contributed by atoms with Crippen molar-refractivity contribution in [3.63, 3.8) is 0 Å². The summed E-state index contributed by atoms with van der Waals surface area (Å²) in [6.07, 6.45) is 2.15. The van der Waals surface area contributed by atoms with Crippen LogP contribution in [0.5, 0.6) is 5.75 Å². The number of methoxy groups -OCH3 is 1. The van der Waals surface area contributed by atoms with Crippen LogP contribution in [0, 0.1) is 5.92 Å². The number of hydrogen-bond donors (Lipinski definition) is 1. The minimum atomic E-state index is -2.77. The Labute approximate surface area is 110 Å². The molecule has 0 saturated carbocycles. The SMILES string of the molecule is CO[C@@H]1CN[C@@H]2c3ccc(OC(F)F)cc3C[C@@H]2C1. The first-order chi connectivity index (χ1) is 9.17. The number of rotatable bonds is 3. The molecule has 5 heteroatoms. The van der Waals surface area contributed by atoms with Gasteiger partial charge in [-0.2, -0.15) is 8.78 Å². The molecule has 1 saturated heterocycles. The van der Waals surface area contributed by atoms with Gasteiger partial charge in [-0.3, -0.25) is 0 Å². The zero-order valence-electron chi connectivity index (χ0n) is 10.7. The molecule has 3 rings (SSSR count). The Morgan fingerprint density at radius 3 is 2.95 bits per heavy atom. The van der Waals surface area contributed by atoms with Gasteiger partial charge >= 0.3 is 6.61 Å². The number of nitrogens with one attached hydrogen (secondary N) is 1. The summed E-state index contributed by atoms with van der Waals surface area (Å²) in [5.41, 5.74) is 2.32. The average Bonchev–Trinajstić information content (AvgIpc) is 2.74. The van der Waals surface area contributed by atoms with Gasteiger partial charge in [0.05, 0.1) is 6.10 Å². The molecule has 0 radical (unpaired) electrons. The number of piperidine rings is 1. The van der Waals surface area contributed by atoms with Crippen molar-refractivity contribution in [1.82, 2.24) is 5.32 Å². The summed E-state index contributed by atoms with van der Waals surface area (Å²) in [5.74, 6) is 0.728. The number of ether oxygens (including phenoxy) is 2. The van der Waals surface area contributed by atoms with Crippen molar-refractivity contribution in [3.05, 3.63) is 29.3 Å². The summed E-state index contributed by atoms with van der Waals surface area (Å²) in [6.45, 7) is -1.93. The van der Waals surface area contributed by atoms with E-state index >= 15 is 0 Å². The molecule has 1 aromatic carbocycles. The van der Waals surface area contributed by atoms with E-state index in [0.717, 1.165) is 24.9 Å². The highest BCUT2D eigenvalue weighted by molar-refractivity contribution is 5.42. The van der Waals surface area contributed by atoms with E-state index in [4.69, 9.17) is 4.74 Å². The Balaban J connectivity index is 1.79. The molecule has 0 bridgehead atoms. The van der Waals surface area contributed by atoms with E-state index < -0.39 is 6.61 Å². The van der Waals surface area contributed by atoms with Crippen molar-refractivity contribution in [3.8, 4) is 5.75 Å². The fraction of sp³-hybridized carbons (Fsp3) is 0.571. The molecule has 0 unspecified atom stereocenters. The van der Waals surface area contributed by atoms with Crippen LogP contribution in [0.25, 0.3) is 0 Å². The smallest absolute Gasteiger partial charge is 0.387 e. The highest BCUT2D eigenvalue weighted by atomic mass is 19.3. The molecule has 2 aliphatic rings. The summed E-state index contributed by atoms with van der Waals surface area (Å²) >= 11 is 0. The Morgan fingerprint density at radius 1 is 1.37 bits per heavy atom. The van der Waals surface area contributed by atoms with Gasteiger partial charge in [-0.05, 0) is 42.0 Å². The fourth-order valence-electron chi connectivity index (χ4n) is 3.25. The lowest BCUT2D eigenvalue weighted by atomic mass is 9.90. The van der Waals surface area contributed by atoms with E-state index in [1.165, 1.54) is 5.56 Å². The monoisotopic (exact) mass is 269 g/mol. The predicted octanol–water partition coefficient (Wildman–Crippen LogP) is 2.51. The molecule has 0 aromatic heterocycles. The van der Waals surface area contributed by atoms with Crippen molar-refractivity contribution in [2.45, 2.75) is 31.6 Å². The van der Waals surface area contributed by atoms with Gasteiger partial charge < -0.3 is 14.8 Å². The summed E-state index contributed by atoms with van der Waals surface area (Å²) in [7, 11) is 1.73. The van der Waals surface area contributed by atoms with Crippen LogP contribution in [0.3, 0.4) is 0 Å². The van der Waals surface area contributed by atoms with Crippen molar-refractivity contribution in [2.75, 3.05) is 13.7 Å². The number of fused-ring (bicyclic) bond motifs is 3. The van der Waals surface area contributed by atoms with E-state index in [1.54, 1.807) is 19.2 Å². The predicted molar refractivity (Wildman–Crippen MR) is 66.4 cm³/mol. The van der Waals surface area contributed by atoms with Gasteiger partial charge in [-0.15, -0.1) is 0 Å². The van der Waals surface area contributed by atoms with Gasteiger partial charge in [-0.1, -0.05) is 6.07 Å². The van der Waals surface area contributed by atoms with Gasteiger partial charge in [0.25, 0.3) is 0 Å². The van der Waals surface area contributed by atoms with Gasteiger partial charge in [0.2, 0.25) is 0 Å². The first kappa shape index (κ1) is 12.8. The summed E-state index contributed by atoms with van der Waals surface area (Å²) in [4.78, 5) is 0. The van der Waals surface area contributed by atoms with Gasteiger partial charge in [0, 0.05) is 19.7 Å². The standard InChI is InChI=1S/C14H17F2NO2/c1-18-11-6-9-4-8-5-10(19-14(15)16)2-3-12(8)13(9)17-7-11/h2-3,5,9,11,13-14,17H,4,6-7H2,1H3/t9-,11+,13+/m1/s1. The van der Waals surface area contributed by atoms with E-state index in [-0.39, 0.29) is 11.9 Å². The molecular formula is C14H17F2NO2. The van der Waals surface area contributed by atoms with Gasteiger partial charge in [0.15, 0.2) is 0 Å². The Bertz CT molecular complexity index is 467. The summed E-state index contributed by atoms with van der Waals surface area (Å²) in [6, 6.07) is 5.58. The minimum Gasteiger partial charge on any atom is -0.435 e. The van der Waals surface area contributed by atoms with Crippen molar-refractivity contribution >= 4 is 0 Å². The van der Waals surface area contributed by atoms with E-state index in [1.807, 2.05) is 6.07 Å². The lowest BCUT2D eigenvalue weighted by Gasteiger charge is -2.32. The van der Waals surface area contributed by atoms with Crippen LogP contribution in [-0.4, -0.2) is 26.4 Å². The first-order valence-corrected chi connectivity index (χ1v) is 6.51. The summed E-state index contributed by atoms with van der Waals surface area (Å²) < 4.78 is 34.3. The Kier molecular flexibility index (Phi) is 3.41. The number of benzene rings is 1. The molecule has 0 spiro atoms. The number of halogens is 2. The fourth-order valence-corrected chi connectivity index (χ4v) is 3.25. The molecule has 3 atom stereocenters. The second-order valence-electron chi connectivity index (χ2n) is 5.18. The van der Waals surface area contributed by atoms with Crippen molar-refractivity contribution in [2.24, 2.45) is 5.92 Å². The van der Waals surface area contributed by atoms with E-state index in [2.05, 4.69) is 10.1 Å². The topological polar surface area (TPSA) is 30.5 Å². The van der Waals surface area contributed by atoms with Crippen LogP contribution in [0.15, 0.2) is 18.2 Å². The maximum absolute atomic E-state index is 12.2. The molecule has 1 aliphatic heterocycles. The van der Waals surface area contributed by atoms with Gasteiger partial charge in [0.1, 0.15) is 5.75 Å². The molecule has 1 N–H and O–H groups in total. The lowest BCUT2D eigenvalue weighted by molar-refractivity contribution is -0.0498. The van der Waals surface area contributed by atoms with E-state index in [0.29, 0.717) is 12.0 Å². The Morgan fingerprint density at radius 2 is 2.21 bits per heavy atom. The largest absolute Gasteiger partial charge is 0.435 e. The Hall–Kier alpha value is -1.20. The lowest BCUT2D eigenvalue weighted by Crippen LogP contribution is -2.41. The average molecular weight is 269 g/mol. The van der Waals surface area contributed by atoms with Crippen LogP contribution >= 0.6 is 0 Å². The third-order valence-corrected chi connectivity index (χ3v) is 4.09. The van der Waals surface area contributed by atoms with Crippen LogP contribution in [0.2, 0.25) is 0 Å². The van der Waals surface area contributed by atoms with Crippen LogP contribution in [-0.2, 0) is 11.2 Å². The maximum atomic E-state index is 12.2. The highest BCUT2D eigenvalue weighted by Gasteiger charge is 2.37. The second kappa shape index (κ2) is 5.06. The van der Waals surface area contributed by atoms with Crippen molar-refractivity contribution in [1.29, 1.82) is 0 Å². The van der Waals surface area contributed by atoms with E-state index in [9.17, 15) is 8.78 Å². The van der Waals surface area contributed by atoms with Crippen molar-refractivity contribution < 1.29 is 18.3 Å². The molecule has 1 heterocycles. The second-order valence-corrected chi connectivity index (χ2v) is 5.18. The summed E-state index contributed by atoms with van der Waals surface area (Å²) in [5, 5.41) is 3.48. The zero-order chi connectivity index (χ0) is 13.4. The molecule has 1 aromatic rings. The third-order valence-electron chi connectivity index (χ3n) is 4.09. The number of hydrogen-bond acceptors (Lipinski definition) is 3. The molecule has 0 amide bonds. The zero-order valence-corrected chi connectivity index (χ0v) is 10.7. The molecule has 104 valence electrons. The molecule has 1 aliphatic carbocycles. The molecule has 19 heavy (non-hydrogen) atoms. The van der Waals surface area contributed by atoms with Crippen LogP contribution < -0.4 is 10.1 Å². The molecular weight excluding hydrogens is 252 g/mol. The minimum absolute atomic E-state index is 0.243. The molecule has 1 fully saturated rings. The van der Waals surface area contributed by atoms with Gasteiger partial charge in [-0.25, -0.2) is 0 Å². The van der Waals surface area contributed by atoms with Crippen LogP contribution in [0.1, 0.15) is 23.6 Å².